The first kappa shape index (κ1) is 20.3. The van der Waals surface area contributed by atoms with Gasteiger partial charge in [-0.05, 0) is 25.5 Å². The average molecular weight is 433 g/mol. The highest BCUT2D eigenvalue weighted by atomic mass is 32.2. The topological polar surface area (TPSA) is 67.8 Å². The zero-order valence-electron chi connectivity index (χ0n) is 16.6. The van der Waals surface area contributed by atoms with Crippen molar-refractivity contribution in [2.24, 2.45) is 0 Å². The predicted octanol–water partition coefficient (Wildman–Crippen LogP) is 5.61. The van der Waals surface area contributed by atoms with Gasteiger partial charge in [-0.25, -0.2) is 15.0 Å². The third kappa shape index (κ3) is 4.93. The first-order chi connectivity index (χ1) is 14.6. The van der Waals surface area contributed by atoms with Gasteiger partial charge in [-0.15, -0.1) is 0 Å². The van der Waals surface area contributed by atoms with Crippen molar-refractivity contribution in [3.05, 3.63) is 78.1 Å². The summed E-state index contributed by atoms with van der Waals surface area (Å²) in [5.41, 5.74) is 4.75. The molecule has 0 atom stereocenters. The lowest BCUT2D eigenvalue weighted by atomic mass is 10.1. The third-order valence-corrected chi connectivity index (χ3v) is 6.12. The van der Waals surface area contributed by atoms with Crippen LogP contribution < -0.4 is 5.32 Å². The number of amides is 1. The molecular weight excluding hydrogens is 412 g/mol. The van der Waals surface area contributed by atoms with Crippen LogP contribution in [0, 0.1) is 13.8 Å². The Kier molecular flexibility index (Phi) is 6.21. The third-order valence-electron chi connectivity index (χ3n) is 4.25. The molecule has 5 nitrogen and oxygen atoms in total. The quantitative estimate of drug-likeness (QED) is 0.317. The number of carbonyl (C=O) groups excluding carboxylic acids is 1. The van der Waals surface area contributed by atoms with E-state index in [0.29, 0.717) is 10.3 Å². The van der Waals surface area contributed by atoms with Gasteiger partial charge in [0.2, 0.25) is 5.91 Å². The summed E-state index contributed by atoms with van der Waals surface area (Å²) in [6.45, 7) is 3.84. The lowest BCUT2D eigenvalue weighted by molar-refractivity contribution is -0.113. The molecule has 2 heterocycles. The molecular formula is C23H20N4OS2. The van der Waals surface area contributed by atoms with Gasteiger partial charge >= 0.3 is 0 Å². The van der Waals surface area contributed by atoms with E-state index in [4.69, 9.17) is 4.98 Å². The Morgan fingerprint density at radius 1 is 0.900 bits per heavy atom. The summed E-state index contributed by atoms with van der Waals surface area (Å²) in [5, 5.41) is 4.12. The van der Waals surface area contributed by atoms with Gasteiger partial charge in [0.1, 0.15) is 0 Å². The number of hydrogen-bond donors (Lipinski definition) is 1. The van der Waals surface area contributed by atoms with Crippen molar-refractivity contribution in [3.8, 4) is 21.7 Å². The Hall–Kier alpha value is -3.03. The number of aromatic nitrogens is 3. The molecule has 0 spiro atoms. The van der Waals surface area contributed by atoms with E-state index in [-0.39, 0.29) is 11.7 Å². The van der Waals surface area contributed by atoms with Crippen LogP contribution in [0.3, 0.4) is 0 Å². The van der Waals surface area contributed by atoms with E-state index in [1.807, 2.05) is 68.4 Å². The second kappa shape index (κ2) is 9.19. The maximum atomic E-state index is 12.5. The smallest absolute Gasteiger partial charge is 0.236 e. The van der Waals surface area contributed by atoms with Gasteiger partial charge in [0, 0.05) is 17.0 Å². The molecule has 0 radical (unpaired) electrons. The molecule has 30 heavy (non-hydrogen) atoms. The molecule has 0 aliphatic carbocycles. The largest absolute Gasteiger partial charge is 0.301 e. The predicted molar refractivity (Wildman–Crippen MR) is 124 cm³/mol. The van der Waals surface area contributed by atoms with Crippen molar-refractivity contribution in [1.82, 2.24) is 15.0 Å². The Morgan fingerprint density at radius 3 is 2.13 bits per heavy atom. The van der Waals surface area contributed by atoms with Crippen molar-refractivity contribution in [2.75, 3.05) is 11.1 Å². The molecule has 0 unspecified atom stereocenters. The lowest BCUT2D eigenvalue weighted by Gasteiger charge is -2.03. The van der Waals surface area contributed by atoms with E-state index < -0.39 is 0 Å². The molecule has 150 valence electrons. The molecule has 0 saturated heterocycles. The fraction of sp³-hybridized carbons (Fsp3) is 0.130. The first-order valence-electron chi connectivity index (χ1n) is 9.45. The van der Waals surface area contributed by atoms with Crippen molar-refractivity contribution in [3.63, 3.8) is 0 Å². The van der Waals surface area contributed by atoms with E-state index in [1.54, 1.807) is 0 Å². The summed E-state index contributed by atoms with van der Waals surface area (Å²) in [6, 6.07) is 22.0. The Morgan fingerprint density at radius 2 is 1.50 bits per heavy atom. The number of aryl methyl sites for hydroxylation is 2. The summed E-state index contributed by atoms with van der Waals surface area (Å²) in [6.07, 6.45) is 0. The lowest BCUT2D eigenvalue weighted by Crippen LogP contribution is -2.14. The minimum atomic E-state index is -0.129. The van der Waals surface area contributed by atoms with E-state index in [1.165, 1.54) is 23.1 Å². The Bertz CT molecular complexity index is 1080. The maximum absolute atomic E-state index is 12.5. The molecule has 4 aromatic rings. The fourth-order valence-electron chi connectivity index (χ4n) is 2.99. The molecule has 4 rings (SSSR count). The Balaban J connectivity index is 1.54. The summed E-state index contributed by atoms with van der Waals surface area (Å²) in [5.74, 6) is 0.0971. The van der Waals surface area contributed by atoms with Crippen LogP contribution in [0.2, 0.25) is 0 Å². The van der Waals surface area contributed by atoms with Gasteiger partial charge in [0.15, 0.2) is 10.3 Å². The molecule has 0 bridgehead atoms. The van der Waals surface area contributed by atoms with E-state index >= 15 is 0 Å². The molecule has 1 N–H and O–H groups in total. The number of nitrogens with one attached hydrogen (secondary N) is 1. The van der Waals surface area contributed by atoms with Crippen molar-refractivity contribution in [2.45, 2.75) is 19.0 Å². The molecule has 0 saturated carbocycles. The minimum absolute atomic E-state index is 0.129. The van der Waals surface area contributed by atoms with Gasteiger partial charge in [0.25, 0.3) is 0 Å². The van der Waals surface area contributed by atoms with Gasteiger partial charge < -0.3 is 5.32 Å². The number of benzene rings is 2. The summed E-state index contributed by atoms with van der Waals surface area (Å²) in [4.78, 5) is 27.0. The second-order valence-electron chi connectivity index (χ2n) is 6.70. The van der Waals surface area contributed by atoms with Gasteiger partial charge in [-0.2, -0.15) is 0 Å². The SMILES string of the molecule is Cc1cc(C)nc(SCC(=O)Nc2nc(-c3ccccc3)c(-c3ccccc3)s2)n1. The number of nitrogens with zero attached hydrogens (tertiary/aromatic N) is 3. The highest BCUT2D eigenvalue weighted by molar-refractivity contribution is 7.99. The molecule has 0 fully saturated rings. The molecule has 0 aliphatic heterocycles. The number of carbonyl (C=O) groups is 1. The normalized spacial score (nSPS) is 10.7. The Labute approximate surface area is 183 Å². The number of anilines is 1. The monoisotopic (exact) mass is 432 g/mol. The molecule has 0 aliphatic rings. The average Bonchev–Trinajstić information content (AvgIpc) is 3.17. The van der Waals surface area contributed by atoms with Crippen LogP contribution in [0.5, 0.6) is 0 Å². The van der Waals surface area contributed by atoms with Crippen LogP contribution in [0.25, 0.3) is 21.7 Å². The highest BCUT2D eigenvalue weighted by Crippen LogP contribution is 2.38. The standard InChI is InChI=1S/C23H20N4OS2/c1-15-13-16(2)25-22(24-15)29-14-19(28)26-23-27-20(17-9-5-3-6-10-17)21(30-23)18-11-7-4-8-12-18/h3-13H,14H2,1-2H3,(H,26,27,28). The van der Waals surface area contributed by atoms with Gasteiger partial charge in [0.05, 0.1) is 16.3 Å². The van der Waals surface area contributed by atoms with Crippen LogP contribution in [0.1, 0.15) is 11.4 Å². The number of thiazole rings is 1. The summed E-state index contributed by atoms with van der Waals surface area (Å²) < 4.78 is 0. The molecule has 2 aromatic carbocycles. The zero-order chi connectivity index (χ0) is 20.9. The first-order valence-corrected chi connectivity index (χ1v) is 11.3. The molecule has 1 amide bonds. The van der Waals surface area contributed by atoms with Crippen molar-refractivity contribution >= 4 is 34.1 Å². The number of thioether (sulfide) groups is 1. The van der Waals surface area contributed by atoms with Gasteiger partial charge in [-0.3, -0.25) is 4.79 Å². The van der Waals surface area contributed by atoms with E-state index in [2.05, 4.69) is 27.4 Å². The minimum Gasteiger partial charge on any atom is -0.301 e. The summed E-state index contributed by atoms with van der Waals surface area (Å²) >= 11 is 2.80. The van der Waals surface area contributed by atoms with Crippen LogP contribution in [0.15, 0.2) is 71.9 Å². The van der Waals surface area contributed by atoms with E-state index in [9.17, 15) is 4.79 Å². The number of hydrogen-bond acceptors (Lipinski definition) is 6. The van der Waals surface area contributed by atoms with E-state index in [0.717, 1.165) is 33.1 Å². The highest BCUT2D eigenvalue weighted by Gasteiger charge is 2.16. The maximum Gasteiger partial charge on any atom is 0.236 e. The zero-order valence-corrected chi connectivity index (χ0v) is 18.3. The van der Waals surface area contributed by atoms with Crippen LogP contribution in [-0.2, 0) is 4.79 Å². The van der Waals surface area contributed by atoms with Crippen molar-refractivity contribution in [1.29, 1.82) is 0 Å². The van der Waals surface area contributed by atoms with Crippen LogP contribution >= 0.6 is 23.1 Å². The van der Waals surface area contributed by atoms with Crippen LogP contribution in [0.4, 0.5) is 5.13 Å². The molecule has 2 aromatic heterocycles. The summed E-state index contributed by atoms with van der Waals surface area (Å²) in [7, 11) is 0. The van der Waals surface area contributed by atoms with Gasteiger partial charge in [-0.1, -0.05) is 83.8 Å². The number of rotatable bonds is 6. The van der Waals surface area contributed by atoms with Crippen LogP contribution in [-0.4, -0.2) is 26.6 Å². The fourth-order valence-corrected chi connectivity index (χ4v) is 4.75. The second-order valence-corrected chi connectivity index (χ2v) is 8.64. The molecule has 7 heteroatoms. The van der Waals surface area contributed by atoms with Crippen molar-refractivity contribution < 1.29 is 4.79 Å².